The van der Waals surface area contributed by atoms with Gasteiger partial charge in [0.2, 0.25) is 11.8 Å². The molecule has 1 aliphatic heterocycles. The number of nitriles is 1. The van der Waals surface area contributed by atoms with Gasteiger partial charge in [-0.1, -0.05) is 0 Å². The highest BCUT2D eigenvalue weighted by atomic mass is 19.1. The molecule has 158 valence electrons. The third kappa shape index (κ3) is 3.05. The molecule has 3 saturated carbocycles. The fourth-order valence-electron chi connectivity index (χ4n) is 5.18. The number of aryl methyl sites for hydroxylation is 1. The molecule has 9 heteroatoms. The van der Waals surface area contributed by atoms with Crippen LogP contribution in [-0.2, 0) is 4.79 Å². The fraction of sp³-hybridized carbons (Fsp3) is 0.409. The molecule has 2 aromatic rings. The predicted octanol–water partition coefficient (Wildman–Crippen LogP) is 3.44. The largest absolute Gasteiger partial charge is 0.476 e. The number of benzene rings is 1. The van der Waals surface area contributed by atoms with Crippen molar-refractivity contribution in [2.24, 2.45) is 15.9 Å². The van der Waals surface area contributed by atoms with Gasteiger partial charge in [-0.3, -0.25) is 4.79 Å². The van der Waals surface area contributed by atoms with Crippen LogP contribution < -0.4 is 4.74 Å². The average molecular weight is 423 g/mol. The van der Waals surface area contributed by atoms with Gasteiger partial charge in [-0.25, -0.2) is 23.8 Å². The third-order valence-corrected chi connectivity index (χ3v) is 6.46. The monoisotopic (exact) mass is 423 g/mol. The van der Waals surface area contributed by atoms with Crippen molar-refractivity contribution in [1.82, 2.24) is 15.0 Å². The number of aromatic nitrogens is 2. The summed E-state index contributed by atoms with van der Waals surface area (Å²) >= 11 is 0. The Morgan fingerprint density at radius 2 is 1.97 bits per heavy atom. The van der Waals surface area contributed by atoms with Crippen LogP contribution in [0, 0.1) is 40.7 Å². The van der Waals surface area contributed by atoms with Gasteiger partial charge < -0.3 is 4.74 Å². The molecule has 1 atom stereocenters. The zero-order valence-electron chi connectivity index (χ0n) is 16.8. The van der Waals surface area contributed by atoms with Gasteiger partial charge in [0, 0.05) is 23.6 Å². The highest BCUT2D eigenvalue weighted by Crippen LogP contribution is 2.74. The van der Waals surface area contributed by atoms with Crippen LogP contribution in [0.5, 0.6) is 5.88 Å². The first-order valence-electron chi connectivity index (χ1n) is 10.0. The van der Waals surface area contributed by atoms with Crippen LogP contribution in [0.25, 0.3) is 0 Å². The first kappa shape index (κ1) is 19.5. The Labute approximate surface area is 177 Å². The number of rotatable bonds is 5. The number of hydrazone groups is 1. The Balaban J connectivity index is 1.24. The second kappa shape index (κ2) is 6.80. The lowest BCUT2D eigenvalue weighted by Gasteiger charge is -2.69. The molecule has 3 aliphatic carbocycles. The molecule has 0 radical (unpaired) electrons. The number of amides is 1. The van der Waals surface area contributed by atoms with E-state index in [2.05, 4.69) is 15.1 Å². The number of ether oxygens (including phenoxy) is 1. The minimum Gasteiger partial charge on any atom is -0.476 e. The number of carbonyl (C=O) groups excluding carboxylic acids is 1. The maximum Gasteiger partial charge on any atom is 0.249 e. The van der Waals surface area contributed by atoms with E-state index in [-0.39, 0.29) is 29.0 Å². The maximum atomic E-state index is 14.5. The molecule has 2 bridgehead atoms. The minimum atomic E-state index is -0.761. The van der Waals surface area contributed by atoms with Crippen LogP contribution in [0.4, 0.5) is 8.78 Å². The van der Waals surface area contributed by atoms with E-state index in [1.165, 1.54) is 35.7 Å². The lowest BCUT2D eigenvalue weighted by Crippen LogP contribution is -2.69. The van der Waals surface area contributed by atoms with Crippen molar-refractivity contribution in [1.29, 1.82) is 5.26 Å². The number of nitrogens with zero attached hydrogens (tertiary/aromatic N) is 5. The molecular formula is C22H19F2N5O2. The second-order valence-corrected chi connectivity index (χ2v) is 8.79. The summed E-state index contributed by atoms with van der Waals surface area (Å²) in [5, 5.41) is 14.2. The number of halogens is 2. The molecule has 1 unspecified atom stereocenters. The number of carbonyl (C=O) groups is 1. The van der Waals surface area contributed by atoms with Crippen LogP contribution >= 0.6 is 0 Å². The summed E-state index contributed by atoms with van der Waals surface area (Å²) in [7, 11) is 0. The normalized spacial score (nSPS) is 27.9. The predicted molar refractivity (Wildman–Crippen MR) is 105 cm³/mol. The molecule has 31 heavy (non-hydrogen) atoms. The van der Waals surface area contributed by atoms with Crippen molar-refractivity contribution < 1.29 is 18.3 Å². The summed E-state index contributed by atoms with van der Waals surface area (Å²) < 4.78 is 34.7. The maximum absolute atomic E-state index is 14.5. The Kier molecular flexibility index (Phi) is 4.29. The van der Waals surface area contributed by atoms with Gasteiger partial charge in [0.15, 0.2) is 5.69 Å². The first-order chi connectivity index (χ1) is 14.8. The van der Waals surface area contributed by atoms with Crippen molar-refractivity contribution >= 4 is 12.1 Å². The molecule has 1 aromatic heterocycles. The summed E-state index contributed by atoms with van der Waals surface area (Å²) in [6.07, 6.45) is 6.48. The van der Waals surface area contributed by atoms with Crippen molar-refractivity contribution in [3.8, 4) is 11.9 Å². The summed E-state index contributed by atoms with van der Waals surface area (Å²) in [6, 6.07) is 3.69. The van der Waals surface area contributed by atoms with Crippen LogP contribution in [0.3, 0.4) is 0 Å². The lowest BCUT2D eigenvalue weighted by atomic mass is 9.35. The van der Waals surface area contributed by atoms with Gasteiger partial charge >= 0.3 is 0 Å². The van der Waals surface area contributed by atoms with E-state index in [0.29, 0.717) is 37.3 Å². The third-order valence-electron chi connectivity index (χ3n) is 6.46. The quantitative estimate of drug-likeness (QED) is 0.735. The molecule has 3 fully saturated rings. The summed E-state index contributed by atoms with van der Waals surface area (Å²) in [6.45, 7) is 2.02. The summed E-state index contributed by atoms with van der Waals surface area (Å²) in [5.74, 6) is -1.17. The zero-order valence-corrected chi connectivity index (χ0v) is 16.8. The molecular weight excluding hydrogens is 404 g/mol. The second-order valence-electron chi connectivity index (χ2n) is 8.79. The standard InChI is InChI=1S/C22H19F2N5O2/c1-13-4-15(23)19(16(24)5-13)17-2-3-28-29(17)20(30)22-9-21(10-22,11-22)12-31-18-8-26-14(6-25)7-27-18/h3-5,7-8,17H,2,9-12H2,1H3. The highest BCUT2D eigenvalue weighted by Gasteiger charge is 2.73. The molecule has 1 aromatic carbocycles. The van der Waals surface area contributed by atoms with Crippen LogP contribution in [0.1, 0.15) is 48.5 Å². The van der Waals surface area contributed by atoms with E-state index < -0.39 is 23.1 Å². The molecule has 0 spiro atoms. The van der Waals surface area contributed by atoms with E-state index in [1.807, 2.05) is 6.07 Å². The van der Waals surface area contributed by atoms with Crippen molar-refractivity contribution in [3.05, 3.63) is 53.0 Å². The van der Waals surface area contributed by atoms with Crippen LogP contribution in [0.2, 0.25) is 0 Å². The smallest absolute Gasteiger partial charge is 0.249 e. The first-order valence-corrected chi connectivity index (χ1v) is 10.0. The van der Waals surface area contributed by atoms with E-state index in [0.717, 1.165) is 0 Å². The van der Waals surface area contributed by atoms with E-state index in [4.69, 9.17) is 10.00 Å². The molecule has 6 rings (SSSR count). The fourth-order valence-corrected chi connectivity index (χ4v) is 5.18. The van der Waals surface area contributed by atoms with Gasteiger partial charge in [-0.2, -0.15) is 10.4 Å². The molecule has 4 aliphatic rings. The number of hydrogen-bond donors (Lipinski definition) is 0. The van der Waals surface area contributed by atoms with Crippen molar-refractivity contribution in [2.75, 3.05) is 6.61 Å². The molecule has 2 heterocycles. The van der Waals surface area contributed by atoms with E-state index in [9.17, 15) is 13.6 Å². The molecule has 0 N–H and O–H groups in total. The van der Waals surface area contributed by atoms with Gasteiger partial charge in [0.05, 0.1) is 30.5 Å². The molecule has 1 amide bonds. The van der Waals surface area contributed by atoms with Gasteiger partial charge in [-0.15, -0.1) is 0 Å². The summed E-state index contributed by atoms with van der Waals surface area (Å²) in [4.78, 5) is 21.2. The van der Waals surface area contributed by atoms with Crippen LogP contribution in [0.15, 0.2) is 29.6 Å². The van der Waals surface area contributed by atoms with Gasteiger partial charge in [-0.05, 0) is 43.9 Å². The summed E-state index contributed by atoms with van der Waals surface area (Å²) in [5.41, 5.74) is -0.0594. The van der Waals surface area contributed by atoms with Gasteiger partial charge in [0.25, 0.3) is 0 Å². The van der Waals surface area contributed by atoms with E-state index in [1.54, 1.807) is 6.92 Å². The van der Waals surface area contributed by atoms with Crippen LogP contribution in [-0.4, -0.2) is 33.7 Å². The van der Waals surface area contributed by atoms with Crippen molar-refractivity contribution in [3.63, 3.8) is 0 Å². The minimum absolute atomic E-state index is 0.107. The SMILES string of the molecule is Cc1cc(F)c(C2CC=NN2C(=O)C23CC(COc4cnc(C#N)cn4)(C2)C3)c(F)c1. The topological polar surface area (TPSA) is 91.5 Å². The Morgan fingerprint density at radius 3 is 2.58 bits per heavy atom. The average Bonchev–Trinajstić information content (AvgIpc) is 3.14. The highest BCUT2D eigenvalue weighted by molar-refractivity contribution is 5.88. The lowest BCUT2D eigenvalue weighted by molar-refractivity contribution is -0.227. The molecule has 0 saturated heterocycles. The Bertz CT molecular complexity index is 1100. The molecule has 7 nitrogen and oxygen atoms in total. The zero-order chi connectivity index (χ0) is 21.8. The van der Waals surface area contributed by atoms with E-state index >= 15 is 0 Å². The Hall–Kier alpha value is -3.41. The van der Waals surface area contributed by atoms with Crippen molar-refractivity contribution in [2.45, 2.75) is 38.6 Å². The van der Waals surface area contributed by atoms with Gasteiger partial charge in [0.1, 0.15) is 17.7 Å². The Morgan fingerprint density at radius 1 is 1.26 bits per heavy atom. The number of hydrogen-bond acceptors (Lipinski definition) is 6.